The van der Waals surface area contributed by atoms with Crippen molar-refractivity contribution in [2.45, 2.75) is 6.10 Å². The number of allylic oxidation sites excluding steroid dienone is 2. The van der Waals surface area contributed by atoms with Gasteiger partial charge in [0.1, 0.15) is 0 Å². The molecule has 0 unspecified atom stereocenters. The molecule has 0 aromatic carbocycles. The Morgan fingerprint density at radius 3 is 2.60 bits per heavy atom. The number of fused-ring (bicyclic) bond motifs is 2. The number of rotatable bonds is 0. The summed E-state index contributed by atoms with van der Waals surface area (Å²) in [6.45, 7) is 3.92. The first-order chi connectivity index (χ1) is 4.79. The second-order valence-electron chi connectivity index (χ2n) is 2.89. The van der Waals surface area contributed by atoms with Gasteiger partial charge in [0, 0.05) is 11.8 Å². The number of hydrogen-bond acceptors (Lipinski definition) is 1. The molecule has 1 nitrogen and oxygen atoms in total. The van der Waals surface area contributed by atoms with Crippen LogP contribution in [-0.2, 0) is 0 Å². The summed E-state index contributed by atoms with van der Waals surface area (Å²) in [5.74, 6) is 0.586. The third kappa shape index (κ3) is 0.611. The molecule has 0 amide bonds. The van der Waals surface area contributed by atoms with Gasteiger partial charge in [-0.2, -0.15) is 0 Å². The van der Waals surface area contributed by atoms with Crippen molar-refractivity contribution in [3.8, 4) is 0 Å². The number of aliphatic hydroxyl groups excluding tert-OH is 1. The highest BCUT2D eigenvalue weighted by Crippen LogP contribution is 2.36. The Balaban J connectivity index is 2.41. The highest BCUT2D eigenvalue weighted by Gasteiger charge is 2.29. The lowest BCUT2D eigenvalue weighted by molar-refractivity contribution is 0.188. The first-order valence-corrected chi connectivity index (χ1v) is 3.52. The maximum absolute atomic E-state index is 9.37. The summed E-state index contributed by atoms with van der Waals surface area (Å²) in [5.41, 5.74) is 1.13. The average Bonchev–Trinajstić information content (AvgIpc) is 2.13. The van der Waals surface area contributed by atoms with Crippen LogP contribution in [0, 0.1) is 11.8 Å². The summed E-state index contributed by atoms with van der Waals surface area (Å²) in [4.78, 5) is 0. The van der Waals surface area contributed by atoms with E-state index < -0.39 is 0 Å². The van der Waals surface area contributed by atoms with E-state index in [1.807, 2.05) is 18.2 Å². The minimum atomic E-state index is -0.331. The zero-order valence-electron chi connectivity index (χ0n) is 5.70. The largest absolute Gasteiger partial charge is 0.388 e. The lowest BCUT2D eigenvalue weighted by atomic mass is 9.87. The summed E-state index contributed by atoms with van der Waals surface area (Å²) in [5, 5.41) is 9.37. The van der Waals surface area contributed by atoms with E-state index in [4.69, 9.17) is 0 Å². The van der Waals surface area contributed by atoms with E-state index in [9.17, 15) is 5.11 Å². The van der Waals surface area contributed by atoms with Crippen LogP contribution in [0.5, 0.6) is 0 Å². The van der Waals surface area contributed by atoms with Gasteiger partial charge in [-0.1, -0.05) is 36.5 Å². The Morgan fingerprint density at radius 1 is 1.20 bits per heavy atom. The molecule has 0 aliphatic heterocycles. The van der Waals surface area contributed by atoms with Gasteiger partial charge < -0.3 is 5.11 Å². The minimum absolute atomic E-state index is 0.190. The van der Waals surface area contributed by atoms with E-state index >= 15 is 0 Å². The molecule has 1 heteroatoms. The Bertz CT molecular complexity index is 225. The second-order valence-corrected chi connectivity index (χ2v) is 2.89. The van der Waals surface area contributed by atoms with E-state index in [2.05, 4.69) is 12.7 Å². The molecule has 2 rings (SSSR count). The summed E-state index contributed by atoms with van der Waals surface area (Å²) >= 11 is 0. The summed E-state index contributed by atoms with van der Waals surface area (Å²) < 4.78 is 0. The fraction of sp³-hybridized carbons (Fsp3) is 0.333. The second kappa shape index (κ2) is 1.83. The molecule has 2 aliphatic carbocycles. The molecule has 52 valence electrons. The molecule has 1 N–H and O–H groups in total. The molecule has 3 atom stereocenters. The summed E-state index contributed by atoms with van der Waals surface area (Å²) in [7, 11) is 0. The quantitative estimate of drug-likeness (QED) is 0.495. The van der Waals surface area contributed by atoms with Crippen LogP contribution in [0.1, 0.15) is 0 Å². The smallest absolute Gasteiger partial charge is 0.0821 e. The van der Waals surface area contributed by atoms with Crippen LogP contribution in [0.25, 0.3) is 0 Å². The Hall–Kier alpha value is -0.820. The highest BCUT2D eigenvalue weighted by molar-refractivity contribution is 5.36. The minimum Gasteiger partial charge on any atom is -0.388 e. The van der Waals surface area contributed by atoms with Gasteiger partial charge in [-0.15, -0.1) is 0 Å². The molecule has 2 aliphatic rings. The van der Waals surface area contributed by atoms with Crippen LogP contribution in [0.15, 0.2) is 36.5 Å². The van der Waals surface area contributed by atoms with Crippen molar-refractivity contribution in [3.05, 3.63) is 36.5 Å². The highest BCUT2D eigenvalue weighted by atomic mass is 16.3. The molecule has 0 aromatic rings. The number of aliphatic hydroxyl groups is 1. The van der Waals surface area contributed by atoms with Crippen LogP contribution in [0.4, 0.5) is 0 Å². The van der Waals surface area contributed by atoms with Crippen LogP contribution < -0.4 is 0 Å². The topological polar surface area (TPSA) is 20.2 Å². The molecule has 0 heterocycles. The van der Waals surface area contributed by atoms with E-state index in [1.165, 1.54) is 0 Å². The molecular formula is C9H10O. The lowest BCUT2D eigenvalue weighted by Gasteiger charge is -2.21. The normalized spacial score (nSPS) is 42.9. The molecule has 2 bridgehead atoms. The van der Waals surface area contributed by atoms with Crippen molar-refractivity contribution in [1.29, 1.82) is 0 Å². The maximum atomic E-state index is 9.37. The summed E-state index contributed by atoms with van der Waals surface area (Å²) in [6.07, 6.45) is 7.66. The van der Waals surface area contributed by atoms with Gasteiger partial charge in [-0.3, -0.25) is 0 Å². The third-order valence-electron chi connectivity index (χ3n) is 2.27. The van der Waals surface area contributed by atoms with Gasteiger partial charge >= 0.3 is 0 Å². The van der Waals surface area contributed by atoms with Crippen LogP contribution >= 0.6 is 0 Å². The molecule has 10 heavy (non-hydrogen) atoms. The van der Waals surface area contributed by atoms with Crippen molar-refractivity contribution < 1.29 is 5.11 Å². The maximum Gasteiger partial charge on any atom is 0.0821 e. The lowest BCUT2D eigenvalue weighted by Crippen LogP contribution is -2.20. The van der Waals surface area contributed by atoms with Gasteiger partial charge in [-0.25, -0.2) is 0 Å². The molecule has 0 saturated heterocycles. The SMILES string of the molecule is C=C1[C@@H]2C=C[C@H]1[C@@H](O)C=C2. The Kier molecular flexibility index (Phi) is 1.08. The van der Waals surface area contributed by atoms with Gasteiger partial charge in [-0.05, 0) is 0 Å². The van der Waals surface area contributed by atoms with Crippen molar-refractivity contribution >= 4 is 0 Å². The van der Waals surface area contributed by atoms with E-state index in [0.717, 1.165) is 5.57 Å². The van der Waals surface area contributed by atoms with E-state index in [0.29, 0.717) is 5.92 Å². The first kappa shape index (κ1) is 5.93. The van der Waals surface area contributed by atoms with Gasteiger partial charge in [0.15, 0.2) is 0 Å². The van der Waals surface area contributed by atoms with Crippen molar-refractivity contribution in [3.63, 3.8) is 0 Å². The molecule has 0 radical (unpaired) electrons. The number of hydrogen-bond donors (Lipinski definition) is 1. The van der Waals surface area contributed by atoms with Crippen LogP contribution in [0.2, 0.25) is 0 Å². The predicted molar refractivity (Wildman–Crippen MR) is 40.4 cm³/mol. The molecule has 0 aromatic heterocycles. The average molecular weight is 134 g/mol. The zero-order valence-corrected chi connectivity index (χ0v) is 5.70. The first-order valence-electron chi connectivity index (χ1n) is 3.52. The van der Waals surface area contributed by atoms with Gasteiger partial charge in [0.2, 0.25) is 0 Å². The van der Waals surface area contributed by atoms with Crippen molar-refractivity contribution in [1.82, 2.24) is 0 Å². The molecule has 0 spiro atoms. The van der Waals surface area contributed by atoms with Crippen molar-refractivity contribution in [2.24, 2.45) is 11.8 Å². The van der Waals surface area contributed by atoms with Crippen LogP contribution in [-0.4, -0.2) is 11.2 Å². The Morgan fingerprint density at radius 2 is 1.90 bits per heavy atom. The fourth-order valence-corrected chi connectivity index (χ4v) is 1.58. The van der Waals surface area contributed by atoms with Gasteiger partial charge in [0.05, 0.1) is 6.10 Å². The third-order valence-corrected chi connectivity index (χ3v) is 2.27. The summed E-state index contributed by atoms with van der Waals surface area (Å²) in [6, 6.07) is 0. The van der Waals surface area contributed by atoms with Gasteiger partial charge in [0.25, 0.3) is 0 Å². The van der Waals surface area contributed by atoms with Crippen LogP contribution in [0.3, 0.4) is 0 Å². The fourth-order valence-electron chi connectivity index (χ4n) is 1.58. The predicted octanol–water partition coefficient (Wildman–Crippen LogP) is 1.28. The van der Waals surface area contributed by atoms with Crippen molar-refractivity contribution in [2.75, 3.05) is 0 Å². The van der Waals surface area contributed by atoms with E-state index in [1.54, 1.807) is 0 Å². The van der Waals surface area contributed by atoms with E-state index in [-0.39, 0.29) is 12.0 Å². The Labute approximate surface area is 60.4 Å². The standard InChI is InChI=1S/C9H10O/c1-6-7-2-4-8(6)9(10)5-3-7/h2-5,7-10H,1H2/t7-,8-,9+/m1/s1. The zero-order chi connectivity index (χ0) is 7.14. The monoisotopic (exact) mass is 134 g/mol. The molecule has 0 fully saturated rings. The molecule has 0 saturated carbocycles. The molecular weight excluding hydrogens is 124 g/mol.